The first-order valence-electron chi connectivity index (χ1n) is 6.86. The second kappa shape index (κ2) is 7.67. The van der Waals surface area contributed by atoms with Gasteiger partial charge in [-0.3, -0.25) is 4.79 Å². The summed E-state index contributed by atoms with van der Waals surface area (Å²) in [6.45, 7) is 1.82. The average molecular weight is 289 g/mol. The van der Waals surface area contributed by atoms with E-state index in [1.165, 1.54) is 0 Å². The van der Waals surface area contributed by atoms with E-state index in [1.54, 1.807) is 12.0 Å². The molecule has 2 rings (SSSR count). The van der Waals surface area contributed by atoms with Crippen LogP contribution in [-0.4, -0.2) is 49.4 Å². The van der Waals surface area contributed by atoms with Gasteiger partial charge in [0.15, 0.2) is 0 Å². The number of ether oxygens (including phenoxy) is 2. The van der Waals surface area contributed by atoms with Crippen molar-refractivity contribution < 1.29 is 19.4 Å². The smallest absolute Gasteiger partial charge is 0.248 e. The van der Waals surface area contributed by atoms with E-state index in [0.717, 1.165) is 16.9 Å². The second-order valence-electron chi connectivity index (χ2n) is 4.67. The van der Waals surface area contributed by atoms with Crippen molar-refractivity contribution in [3.63, 3.8) is 0 Å². The van der Waals surface area contributed by atoms with Crippen LogP contribution in [-0.2, 0) is 16.1 Å². The predicted octanol–water partition coefficient (Wildman–Crippen LogP) is 0.788. The fraction of sp³-hybridized carbons (Fsp3) is 0.438. The van der Waals surface area contributed by atoms with Crippen LogP contribution in [0.4, 0.5) is 0 Å². The fourth-order valence-corrected chi connectivity index (χ4v) is 2.12. The van der Waals surface area contributed by atoms with E-state index >= 15 is 0 Å². The number of nitrogens with zero attached hydrogens (tertiary/aromatic N) is 1. The molecule has 1 aromatic carbocycles. The highest BCUT2D eigenvalue weighted by Crippen LogP contribution is 2.22. The van der Waals surface area contributed by atoms with Crippen LogP contribution in [0.1, 0.15) is 17.5 Å². The molecule has 0 spiro atoms. The Labute approximate surface area is 124 Å². The zero-order valence-electron chi connectivity index (χ0n) is 12.1. The number of amides is 1. The zero-order valence-corrected chi connectivity index (χ0v) is 12.1. The maximum atomic E-state index is 11.8. The van der Waals surface area contributed by atoms with Crippen molar-refractivity contribution in [3.8, 4) is 17.6 Å². The SMILES string of the molecule is COc1ccc(C#CCCO)cc1CN1CCOCC1=O. The van der Waals surface area contributed by atoms with Crippen LogP contribution in [0, 0.1) is 11.8 Å². The molecular weight excluding hydrogens is 270 g/mol. The van der Waals surface area contributed by atoms with E-state index in [1.807, 2.05) is 18.2 Å². The van der Waals surface area contributed by atoms with E-state index < -0.39 is 0 Å². The first kappa shape index (κ1) is 15.4. The van der Waals surface area contributed by atoms with Gasteiger partial charge in [-0.15, -0.1) is 0 Å². The molecule has 0 aliphatic carbocycles. The Balaban J connectivity index is 2.17. The van der Waals surface area contributed by atoms with Crippen molar-refractivity contribution in [2.75, 3.05) is 33.5 Å². The molecule has 5 heteroatoms. The molecule has 0 saturated carbocycles. The Morgan fingerprint density at radius 3 is 3.05 bits per heavy atom. The van der Waals surface area contributed by atoms with Gasteiger partial charge in [0.1, 0.15) is 12.4 Å². The number of methoxy groups -OCH3 is 1. The molecule has 112 valence electrons. The van der Waals surface area contributed by atoms with Crippen LogP contribution < -0.4 is 4.74 Å². The second-order valence-corrected chi connectivity index (χ2v) is 4.67. The Morgan fingerprint density at radius 2 is 2.33 bits per heavy atom. The van der Waals surface area contributed by atoms with Crippen molar-refractivity contribution in [3.05, 3.63) is 29.3 Å². The van der Waals surface area contributed by atoms with Crippen molar-refractivity contribution in [2.45, 2.75) is 13.0 Å². The van der Waals surface area contributed by atoms with E-state index in [4.69, 9.17) is 14.6 Å². The van der Waals surface area contributed by atoms with Gasteiger partial charge in [-0.1, -0.05) is 11.8 Å². The summed E-state index contributed by atoms with van der Waals surface area (Å²) in [7, 11) is 1.61. The first-order valence-corrected chi connectivity index (χ1v) is 6.86. The van der Waals surface area contributed by atoms with Gasteiger partial charge >= 0.3 is 0 Å². The maximum Gasteiger partial charge on any atom is 0.248 e. The fourth-order valence-electron chi connectivity index (χ4n) is 2.12. The molecule has 1 amide bonds. The molecular formula is C16H19NO4. The lowest BCUT2D eigenvalue weighted by molar-refractivity contribution is -0.143. The van der Waals surface area contributed by atoms with Gasteiger partial charge < -0.3 is 19.5 Å². The molecule has 1 aliphatic rings. The summed E-state index contributed by atoms with van der Waals surface area (Å²) < 4.78 is 10.5. The van der Waals surface area contributed by atoms with E-state index in [2.05, 4.69) is 11.8 Å². The summed E-state index contributed by atoms with van der Waals surface area (Å²) in [5, 5.41) is 8.75. The Morgan fingerprint density at radius 1 is 1.48 bits per heavy atom. The first-order chi connectivity index (χ1) is 10.2. The molecule has 5 nitrogen and oxygen atoms in total. The van der Waals surface area contributed by atoms with Gasteiger partial charge in [0.2, 0.25) is 5.91 Å². The highest BCUT2D eigenvalue weighted by molar-refractivity contribution is 5.78. The number of benzene rings is 1. The summed E-state index contributed by atoms with van der Waals surface area (Å²) in [5.41, 5.74) is 1.77. The minimum Gasteiger partial charge on any atom is -0.496 e. The monoisotopic (exact) mass is 289 g/mol. The Bertz CT molecular complexity index is 559. The molecule has 0 aromatic heterocycles. The van der Waals surface area contributed by atoms with Gasteiger partial charge in [0, 0.05) is 30.6 Å². The number of carbonyl (C=O) groups is 1. The van der Waals surface area contributed by atoms with Crippen LogP contribution in [0.25, 0.3) is 0 Å². The molecule has 0 unspecified atom stereocenters. The highest BCUT2D eigenvalue weighted by Gasteiger charge is 2.20. The Kier molecular flexibility index (Phi) is 5.61. The lowest BCUT2D eigenvalue weighted by atomic mass is 10.1. The van der Waals surface area contributed by atoms with Crippen LogP contribution in [0.3, 0.4) is 0 Å². The largest absolute Gasteiger partial charge is 0.496 e. The molecule has 1 aromatic rings. The number of rotatable bonds is 4. The number of morpholine rings is 1. The summed E-state index contributed by atoms with van der Waals surface area (Å²) >= 11 is 0. The molecule has 0 bridgehead atoms. The van der Waals surface area contributed by atoms with E-state index in [9.17, 15) is 4.79 Å². The standard InChI is InChI=1S/C16H19NO4/c1-20-15-6-5-13(4-2-3-8-18)10-14(15)11-17-7-9-21-12-16(17)19/h5-6,10,18H,3,7-9,11-12H2,1H3. The van der Waals surface area contributed by atoms with Crippen molar-refractivity contribution in [1.82, 2.24) is 4.90 Å². The Hall–Kier alpha value is -2.03. The highest BCUT2D eigenvalue weighted by atomic mass is 16.5. The molecule has 1 aliphatic heterocycles. The van der Waals surface area contributed by atoms with Crippen LogP contribution >= 0.6 is 0 Å². The molecule has 1 heterocycles. The van der Waals surface area contributed by atoms with Gasteiger partial charge in [-0.05, 0) is 18.2 Å². The minimum atomic E-state index is -0.0138. The van der Waals surface area contributed by atoms with Crippen LogP contribution in [0.5, 0.6) is 5.75 Å². The predicted molar refractivity (Wildman–Crippen MR) is 77.8 cm³/mol. The number of carbonyl (C=O) groups excluding carboxylic acids is 1. The van der Waals surface area contributed by atoms with Crippen LogP contribution in [0.15, 0.2) is 18.2 Å². The van der Waals surface area contributed by atoms with E-state index in [0.29, 0.717) is 26.1 Å². The number of hydrogen-bond acceptors (Lipinski definition) is 4. The molecule has 21 heavy (non-hydrogen) atoms. The normalized spacial score (nSPS) is 14.6. The third-order valence-electron chi connectivity index (χ3n) is 3.19. The van der Waals surface area contributed by atoms with Crippen molar-refractivity contribution >= 4 is 5.91 Å². The minimum absolute atomic E-state index is 0.0138. The zero-order chi connectivity index (χ0) is 15.1. The molecule has 0 radical (unpaired) electrons. The average Bonchev–Trinajstić information content (AvgIpc) is 2.50. The lowest BCUT2D eigenvalue weighted by Crippen LogP contribution is -2.41. The summed E-state index contributed by atoms with van der Waals surface area (Å²) in [5.74, 6) is 6.60. The van der Waals surface area contributed by atoms with Crippen molar-refractivity contribution in [1.29, 1.82) is 0 Å². The maximum absolute atomic E-state index is 11.8. The van der Waals surface area contributed by atoms with Gasteiger partial charge in [0.25, 0.3) is 0 Å². The van der Waals surface area contributed by atoms with Crippen molar-refractivity contribution in [2.24, 2.45) is 0 Å². The number of aliphatic hydroxyl groups is 1. The summed E-state index contributed by atoms with van der Waals surface area (Å²) in [6, 6.07) is 5.64. The topological polar surface area (TPSA) is 59.0 Å². The van der Waals surface area contributed by atoms with Gasteiger partial charge in [-0.25, -0.2) is 0 Å². The molecule has 1 fully saturated rings. The molecule has 1 saturated heterocycles. The number of hydrogen-bond donors (Lipinski definition) is 1. The quantitative estimate of drug-likeness (QED) is 0.833. The van der Waals surface area contributed by atoms with E-state index in [-0.39, 0.29) is 19.1 Å². The van der Waals surface area contributed by atoms with Gasteiger partial charge in [0.05, 0.1) is 20.3 Å². The third-order valence-corrected chi connectivity index (χ3v) is 3.19. The lowest BCUT2D eigenvalue weighted by Gasteiger charge is -2.27. The van der Waals surface area contributed by atoms with Crippen LogP contribution in [0.2, 0.25) is 0 Å². The third kappa shape index (κ3) is 4.22. The van der Waals surface area contributed by atoms with Gasteiger partial charge in [-0.2, -0.15) is 0 Å². The number of aliphatic hydroxyl groups excluding tert-OH is 1. The summed E-state index contributed by atoms with van der Waals surface area (Å²) in [4.78, 5) is 13.6. The summed E-state index contributed by atoms with van der Waals surface area (Å²) in [6.07, 6.45) is 0.448. The molecule has 0 atom stereocenters. The molecule has 1 N–H and O–H groups in total.